The lowest BCUT2D eigenvalue weighted by Crippen LogP contribution is -2.22. The molecule has 1 aromatic heterocycles. The monoisotopic (exact) mass is 300 g/mol. The van der Waals surface area contributed by atoms with Crippen LogP contribution in [0.1, 0.15) is 36.1 Å². The highest BCUT2D eigenvalue weighted by Crippen LogP contribution is 2.32. The van der Waals surface area contributed by atoms with Crippen LogP contribution in [-0.4, -0.2) is 22.3 Å². The normalized spacial score (nSPS) is 19.0. The summed E-state index contributed by atoms with van der Waals surface area (Å²) in [6, 6.07) is 6.54. The van der Waals surface area contributed by atoms with Crippen LogP contribution >= 0.6 is 0 Å². The Morgan fingerprint density at radius 3 is 2.82 bits per heavy atom. The molecule has 0 bridgehead atoms. The first-order valence-corrected chi connectivity index (χ1v) is 7.23. The van der Waals surface area contributed by atoms with Gasteiger partial charge in [0.15, 0.2) is 0 Å². The van der Waals surface area contributed by atoms with Crippen molar-refractivity contribution >= 4 is 11.7 Å². The molecule has 1 aromatic carbocycles. The van der Waals surface area contributed by atoms with Crippen molar-refractivity contribution < 1.29 is 9.23 Å². The minimum absolute atomic E-state index is 0.168. The van der Waals surface area contributed by atoms with Gasteiger partial charge in [-0.2, -0.15) is 0 Å². The maximum atomic E-state index is 13.1. The van der Waals surface area contributed by atoms with E-state index in [-0.39, 0.29) is 17.7 Å². The lowest BCUT2D eigenvalue weighted by molar-refractivity contribution is 0.158. The van der Waals surface area contributed by atoms with Crippen molar-refractivity contribution in [2.45, 2.75) is 25.7 Å². The van der Waals surface area contributed by atoms with Crippen LogP contribution < -0.4 is 5.73 Å². The smallest absolute Gasteiger partial charge is 0.220 e. The Balaban J connectivity index is 1.98. The largest absolute Gasteiger partial charge is 0.396 e. The molecule has 2 aromatic rings. The SMILES string of the molecule is CCO/N=C1\CC(c2ccc(F)cc2)Cc2nc(N)ncc21. The van der Waals surface area contributed by atoms with Gasteiger partial charge in [-0.25, -0.2) is 14.4 Å². The molecule has 1 atom stereocenters. The second-order valence-corrected chi connectivity index (χ2v) is 5.20. The van der Waals surface area contributed by atoms with Crippen molar-refractivity contribution in [2.24, 2.45) is 5.16 Å². The predicted octanol–water partition coefficient (Wildman–Crippen LogP) is 2.67. The molecule has 22 heavy (non-hydrogen) atoms. The van der Waals surface area contributed by atoms with Gasteiger partial charge in [0.05, 0.1) is 11.4 Å². The number of nitrogens with zero attached hydrogens (tertiary/aromatic N) is 3. The van der Waals surface area contributed by atoms with Gasteiger partial charge in [0, 0.05) is 18.2 Å². The number of aromatic nitrogens is 2. The summed E-state index contributed by atoms with van der Waals surface area (Å²) < 4.78 is 13.1. The first kappa shape index (κ1) is 14.4. The van der Waals surface area contributed by atoms with Crippen molar-refractivity contribution in [3.8, 4) is 0 Å². The lowest BCUT2D eigenvalue weighted by atomic mass is 9.82. The molecule has 0 spiro atoms. The number of fused-ring (bicyclic) bond motifs is 1. The van der Waals surface area contributed by atoms with Crippen molar-refractivity contribution in [3.05, 3.63) is 53.1 Å². The van der Waals surface area contributed by atoms with E-state index in [1.54, 1.807) is 18.3 Å². The van der Waals surface area contributed by atoms with Crippen LogP contribution in [0.4, 0.5) is 10.3 Å². The van der Waals surface area contributed by atoms with E-state index in [1.807, 2.05) is 6.92 Å². The standard InChI is InChI=1S/C16H17FN4O/c1-2-22-21-15-8-11(10-3-5-12(17)6-4-10)7-14-13(15)9-19-16(18)20-14/h3-6,9,11H,2,7-8H2,1H3,(H2,18,19,20)/b21-15+. The summed E-state index contributed by atoms with van der Waals surface area (Å²) in [6.07, 6.45) is 3.11. The summed E-state index contributed by atoms with van der Waals surface area (Å²) >= 11 is 0. The maximum absolute atomic E-state index is 13.1. The fraction of sp³-hybridized carbons (Fsp3) is 0.312. The molecule has 0 aliphatic heterocycles. The molecule has 1 aliphatic carbocycles. The fourth-order valence-electron chi connectivity index (χ4n) is 2.68. The second-order valence-electron chi connectivity index (χ2n) is 5.20. The zero-order valence-corrected chi connectivity index (χ0v) is 12.3. The number of oxime groups is 1. The van der Waals surface area contributed by atoms with Crippen LogP contribution in [0.3, 0.4) is 0 Å². The van der Waals surface area contributed by atoms with E-state index in [0.717, 1.165) is 29.0 Å². The summed E-state index contributed by atoms with van der Waals surface area (Å²) in [4.78, 5) is 13.6. The molecule has 0 fully saturated rings. The Morgan fingerprint density at radius 2 is 2.09 bits per heavy atom. The van der Waals surface area contributed by atoms with E-state index >= 15 is 0 Å². The molecule has 0 amide bonds. The quantitative estimate of drug-likeness (QED) is 0.884. The number of hydrogen-bond donors (Lipinski definition) is 1. The second kappa shape index (κ2) is 6.09. The molecule has 5 nitrogen and oxygen atoms in total. The van der Waals surface area contributed by atoms with Gasteiger partial charge in [-0.15, -0.1) is 0 Å². The van der Waals surface area contributed by atoms with Gasteiger partial charge in [-0.1, -0.05) is 17.3 Å². The molecule has 0 saturated carbocycles. The van der Waals surface area contributed by atoms with E-state index in [1.165, 1.54) is 12.1 Å². The van der Waals surface area contributed by atoms with Crippen LogP contribution in [0.5, 0.6) is 0 Å². The van der Waals surface area contributed by atoms with Crippen molar-refractivity contribution in [1.29, 1.82) is 0 Å². The molecular weight excluding hydrogens is 283 g/mol. The number of nitrogen functional groups attached to an aromatic ring is 1. The number of rotatable bonds is 3. The number of anilines is 1. The van der Waals surface area contributed by atoms with Gasteiger partial charge in [0.2, 0.25) is 5.95 Å². The topological polar surface area (TPSA) is 73.4 Å². The zero-order valence-electron chi connectivity index (χ0n) is 12.3. The summed E-state index contributed by atoms with van der Waals surface area (Å²) in [5, 5.41) is 4.19. The molecule has 1 unspecified atom stereocenters. The van der Waals surface area contributed by atoms with E-state index in [9.17, 15) is 4.39 Å². The molecule has 3 rings (SSSR count). The zero-order chi connectivity index (χ0) is 15.5. The Kier molecular flexibility index (Phi) is 4.00. The van der Waals surface area contributed by atoms with Gasteiger partial charge >= 0.3 is 0 Å². The summed E-state index contributed by atoms with van der Waals surface area (Å²) in [5.41, 5.74) is 9.27. The average molecular weight is 300 g/mol. The Hall–Kier alpha value is -2.50. The number of nitrogens with two attached hydrogens (primary N) is 1. The van der Waals surface area contributed by atoms with Crippen molar-refractivity contribution in [3.63, 3.8) is 0 Å². The van der Waals surface area contributed by atoms with Crippen LogP contribution in [0.2, 0.25) is 0 Å². The minimum atomic E-state index is -0.241. The van der Waals surface area contributed by atoms with Crippen molar-refractivity contribution in [2.75, 3.05) is 12.3 Å². The molecule has 2 N–H and O–H groups in total. The van der Waals surface area contributed by atoms with Gasteiger partial charge in [-0.05, 0) is 37.0 Å². The minimum Gasteiger partial charge on any atom is -0.396 e. The first-order valence-electron chi connectivity index (χ1n) is 7.23. The number of hydrogen-bond acceptors (Lipinski definition) is 5. The van der Waals surface area contributed by atoms with Crippen LogP contribution in [0, 0.1) is 5.82 Å². The molecule has 0 radical (unpaired) electrons. The van der Waals surface area contributed by atoms with Crippen LogP contribution in [-0.2, 0) is 11.3 Å². The van der Waals surface area contributed by atoms with Gasteiger partial charge < -0.3 is 10.6 Å². The maximum Gasteiger partial charge on any atom is 0.220 e. The fourth-order valence-corrected chi connectivity index (χ4v) is 2.68. The van der Waals surface area contributed by atoms with Gasteiger partial charge in [0.1, 0.15) is 12.4 Å². The van der Waals surface area contributed by atoms with E-state index < -0.39 is 0 Å². The van der Waals surface area contributed by atoms with Gasteiger partial charge in [-0.3, -0.25) is 0 Å². The van der Waals surface area contributed by atoms with Crippen molar-refractivity contribution in [1.82, 2.24) is 9.97 Å². The van der Waals surface area contributed by atoms with Gasteiger partial charge in [0.25, 0.3) is 0 Å². The predicted molar refractivity (Wildman–Crippen MR) is 82.1 cm³/mol. The molecule has 114 valence electrons. The molecule has 1 heterocycles. The van der Waals surface area contributed by atoms with E-state index in [0.29, 0.717) is 13.0 Å². The summed E-state index contributed by atoms with van der Waals surface area (Å²) in [7, 11) is 0. The number of halogens is 1. The van der Waals surface area contributed by atoms with Crippen LogP contribution in [0.25, 0.3) is 0 Å². The average Bonchev–Trinajstić information content (AvgIpc) is 2.52. The first-order chi connectivity index (χ1) is 10.7. The lowest BCUT2D eigenvalue weighted by Gasteiger charge is -2.25. The van der Waals surface area contributed by atoms with E-state index in [2.05, 4.69) is 15.1 Å². The van der Waals surface area contributed by atoms with E-state index in [4.69, 9.17) is 10.6 Å². The Bertz CT molecular complexity index is 700. The molecular formula is C16H17FN4O. The third-order valence-corrected chi connectivity index (χ3v) is 3.72. The summed E-state index contributed by atoms with van der Waals surface area (Å²) in [5.74, 6) is 0.172. The Labute approximate surface area is 128 Å². The third kappa shape index (κ3) is 2.90. The summed E-state index contributed by atoms with van der Waals surface area (Å²) in [6.45, 7) is 2.38. The number of benzene rings is 1. The highest BCUT2D eigenvalue weighted by atomic mass is 19.1. The molecule has 1 aliphatic rings. The van der Waals surface area contributed by atoms with Crippen LogP contribution in [0.15, 0.2) is 35.6 Å². The molecule has 0 saturated heterocycles. The highest BCUT2D eigenvalue weighted by Gasteiger charge is 2.27. The third-order valence-electron chi connectivity index (χ3n) is 3.72. The molecule has 6 heteroatoms. The highest BCUT2D eigenvalue weighted by molar-refractivity contribution is 6.02. The Morgan fingerprint density at radius 1 is 1.32 bits per heavy atom.